The van der Waals surface area contributed by atoms with E-state index in [9.17, 15) is 4.79 Å². The van der Waals surface area contributed by atoms with Gasteiger partial charge in [0.25, 0.3) is 0 Å². The van der Waals surface area contributed by atoms with Crippen molar-refractivity contribution in [2.75, 3.05) is 4.61 Å². The SMILES string of the molecule is Cc1cccc(C(=O)OCI)c1. The smallest absolute Gasteiger partial charge is 0.338 e. The Labute approximate surface area is 85.1 Å². The van der Waals surface area contributed by atoms with Crippen LogP contribution in [0.1, 0.15) is 15.9 Å². The van der Waals surface area contributed by atoms with Crippen LogP contribution in [-0.4, -0.2) is 10.6 Å². The number of rotatable bonds is 2. The van der Waals surface area contributed by atoms with Gasteiger partial charge in [0.1, 0.15) is 4.61 Å². The lowest BCUT2D eigenvalue weighted by Crippen LogP contribution is -2.03. The molecule has 0 saturated carbocycles. The van der Waals surface area contributed by atoms with Crippen molar-refractivity contribution >= 4 is 28.6 Å². The molecule has 1 aromatic carbocycles. The van der Waals surface area contributed by atoms with Crippen molar-refractivity contribution in [3.05, 3.63) is 35.4 Å². The van der Waals surface area contributed by atoms with Crippen molar-refractivity contribution in [3.8, 4) is 0 Å². The monoisotopic (exact) mass is 276 g/mol. The highest BCUT2D eigenvalue weighted by atomic mass is 127. The summed E-state index contributed by atoms with van der Waals surface area (Å²) in [5, 5.41) is 0. The largest absolute Gasteiger partial charge is 0.451 e. The molecule has 0 atom stereocenters. The maximum atomic E-state index is 11.2. The Morgan fingerprint density at radius 1 is 1.58 bits per heavy atom. The van der Waals surface area contributed by atoms with E-state index in [1.807, 2.05) is 47.7 Å². The normalized spacial score (nSPS) is 9.50. The average Bonchev–Trinajstić information content (AvgIpc) is 2.05. The van der Waals surface area contributed by atoms with Gasteiger partial charge in [-0.05, 0) is 41.6 Å². The summed E-state index contributed by atoms with van der Waals surface area (Å²) in [5.41, 5.74) is 1.68. The summed E-state index contributed by atoms with van der Waals surface area (Å²) < 4.78 is 5.22. The van der Waals surface area contributed by atoms with Crippen LogP contribution in [0.4, 0.5) is 0 Å². The molecule has 0 saturated heterocycles. The minimum Gasteiger partial charge on any atom is -0.451 e. The molecular weight excluding hydrogens is 267 g/mol. The van der Waals surface area contributed by atoms with Gasteiger partial charge in [0.05, 0.1) is 5.56 Å². The molecule has 0 aliphatic carbocycles. The van der Waals surface area contributed by atoms with E-state index in [2.05, 4.69) is 0 Å². The van der Waals surface area contributed by atoms with E-state index in [-0.39, 0.29) is 5.97 Å². The molecule has 12 heavy (non-hydrogen) atoms. The van der Waals surface area contributed by atoms with Crippen LogP contribution in [0.15, 0.2) is 24.3 Å². The maximum Gasteiger partial charge on any atom is 0.338 e. The van der Waals surface area contributed by atoms with Crippen LogP contribution in [0.2, 0.25) is 0 Å². The molecule has 0 spiro atoms. The third-order valence-corrected chi connectivity index (χ3v) is 1.75. The van der Waals surface area contributed by atoms with Crippen LogP contribution in [-0.2, 0) is 4.74 Å². The highest BCUT2D eigenvalue weighted by Crippen LogP contribution is 2.05. The average molecular weight is 276 g/mol. The number of hydrogen-bond donors (Lipinski definition) is 0. The van der Waals surface area contributed by atoms with E-state index in [0.29, 0.717) is 10.2 Å². The van der Waals surface area contributed by atoms with Gasteiger partial charge in [-0.2, -0.15) is 0 Å². The van der Waals surface area contributed by atoms with E-state index < -0.39 is 0 Å². The van der Waals surface area contributed by atoms with Gasteiger partial charge >= 0.3 is 5.97 Å². The summed E-state index contributed by atoms with van der Waals surface area (Å²) in [6.45, 7) is 1.95. The quantitative estimate of drug-likeness (QED) is 0.471. The first-order chi connectivity index (χ1) is 5.74. The zero-order valence-corrected chi connectivity index (χ0v) is 8.87. The Balaban J connectivity index is 2.81. The molecule has 1 aromatic rings. The van der Waals surface area contributed by atoms with E-state index in [4.69, 9.17) is 4.74 Å². The number of alkyl halides is 1. The first-order valence-corrected chi connectivity index (χ1v) is 5.06. The highest BCUT2D eigenvalue weighted by Gasteiger charge is 2.04. The molecule has 0 N–H and O–H groups in total. The topological polar surface area (TPSA) is 26.3 Å². The Kier molecular flexibility index (Phi) is 3.52. The van der Waals surface area contributed by atoms with Crippen molar-refractivity contribution in [1.82, 2.24) is 0 Å². The summed E-state index contributed by atoms with van der Waals surface area (Å²) >= 11 is 2.00. The summed E-state index contributed by atoms with van der Waals surface area (Å²) in [7, 11) is 0. The van der Waals surface area contributed by atoms with Crippen molar-refractivity contribution in [3.63, 3.8) is 0 Å². The lowest BCUT2D eigenvalue weighted by molar-refractivity contribution is 0.0590. The van der Waals surface area contributed by atoms with Gasteiger partial charge in [-0.25, -0.2) is 4.79 Å². The number of benzene rings is 1. The van der Waals surface area contributed by atoms with Gasteiger partial charge in [0.15, 0.2) is 0 Å². The Hall–Kier alpha value is -0.580. The molecule has 0 fully saturated rings. The maximum absolute atomic E-state index is 11.2. The number of esters is 1. The fourth-order valence-corrected chi connectivity index (χ4v) is 1.19. The molecule has 0 bridgehead atoms. The number of carbonyl (C=O) groups is 1. The fourth-order valence-electron chi connectivity index (χ4n) is 0.905. The van der Waals surface area contributed by atoms with E-state index in [1.165, 1.54) is 0 Å². The summed E-state index contributed by atoms with van der Waals surface area (Å²) in [6, 6.07) is 7.36. The minimum absolute atomic E-state index is 0.256. The van der Waals surface area contributed by atoms with Crippen molar-refractivity contribution < 1.29 is 9.53 Å². The molecule has 0 aromatic heterocycles. The lowest BCUT2D eigenvalue weighted by atomic mass is 10.1. The predicted octanol–water partition coefficient (Wildman–Crippen LogP) is 2.54. The second-order valence-corrected chi connectivity index (χ2v) is 3.03. The Morgan fingerprint density at radius 2 is 2.33 bits per heavy atom. The molecule has 0 aliphatic heterocycles. The van der Waals surface area contributed by atoms with Crippen LogP contribution in [0.25, 0.3) is 0 Å². The number of ether oxygens (including phenoxy) is 1. The molecular formula is C9H9IO2. The number of aryl methyl sites for hydroxylation is 1. The molecule has 0 amide bonds. The molecule has 0 unspecified atom stereocenters. The molecule has 64 valence electrons. The molecule has 0 radical (unpaired) electrons. The first kappa shape index (κ1) is 9.51. The van der Waals surface area contributed by atoms with Gasteiger partial charge in [-0.3, -0.25) is 0 Å². The molecule has 2 nitrogen and oxygen atoms in total. The minimum atomic E-state index is -0.256. The Bertz CT molecular complexity index is 284. The number of hydrogen-bond acceptors (Lipinski definition) is 2. The van der Waals surface area contributed by atoms with Crippen LogP contribution in [0.3, 0.4) is 0 Å². The van der Waals surface area contributed by atoms with E-state index in [0.717, 1.165) is 5.56 Å². The summed E-state index contributed by atoms with van der Waals surface area (Å²) in [4.78, 5) is 11.2. The van der Waals surface area contributed by atoms with Crippen LogP contribution >= 0.6 is 22.6 Å². The van der Waals surface area contributed by atoms with Crippen molar-refractivity contribution in [2.45, 2.75) is 6.92 Å². The van der Waals surface area contributed by atoms with E-state index >= 15 is 0 Å². The number of halogens is 1. The molecule has 0 aliphatic rings. The van der Waals surface area contributed by atoms with Gasteiger partial charge in [0.2, 0.25) is 0 Å². The standard InChI is InChI=1S/C9H9IO2/c1-7-3-2-4-8(5-7)9(11)12-6-10/h2-5H,6H2,1H3. The number of carbonyl (C=O) groups excluding carboxylic acids is 1. The van der Waals surface area contributed by atoms with Crippen LogP contribution < -0.4 is 0 Å². The van der Waals surface area contributed by atoms with Gasteiger partial charge < -0.3 is 4.74 Å². The van der Waals surface area contributed by atoms with Crippen LogP contribution in [0, 0.1) is 6.92 Å². The van der Waals surface area contributed by atoms with Gasteiger partial charge in [0, 0.05) is 0 Å². The fraction of sp³-hybridized carbons (Fsp3) is 0.222. The van der Waals surface area contributed by atoms with Gasteiger partial charge in [-0.1, -0.05) is 17.7 Å². The lowest BCUT2D eigenvalue weighted by Gasteiger charge is -2.00. The third kappa shape index (κ3) is 2.48. The van der Waals surface area contributed by atoms with Gasteiger partial charge in [-0.15, -0.1) is 0 Å². The van der Waals surface area contributed by atoms with Crippen LogP contribution in [0.5, 0.6) is 0 Å². The first-order valence-electron chi connectivity index (χ1n) is 3.54. The second-order valence-electron chi connectivity index (χ2n) is 2.41. The molecule has 1 rings (SSSR count). The van der Waals surface area contributed by atoms with Crippen molar-refractivity contribution in [2.24, 2.45) is 0 Å². The zero-order chi connectivity index (χ0) is 8.97. The summed E-state index contributed by atoms with van der Waals surface area (Å²) in [5.74, 6) is -0.256. The zero-order valence-electron chi connectivity index (χ0n) is 6.71. The molecule has 0 heterocycles. The summed E-state index contributed by atoms with van der Waals surface area (Å²) in [6.07, 6.45) is 0. The molecule has 3 heteroatoms. The Morgan fingerprint density at radius 3 is 2.92 bits per heavy atom. The predicted molar refractivity (Wildman–Crippen MR) is 55.5 cm³/mol. The van der Waals surface area contributed by atoms with E-state index in [1.54, 1.807) is 6.07 Å². The second kappa shape index (κ2) is 4.45. The third-order valence-electron chi connectivity index (χ3n) is 1.44. The highest BCUT2D eigenvalue weighted by molar-refractivity contribution is 14.1. The van der Waals surface area contributed by atoms with Crippen molar-refractivity contribution in [1.29, 1.82) is 0 Å².